The first-order chi connectivity index (χ1) is 6.33. The molecule has 0 unspecified atom stereocenters. The molecule has 2 nitrogen and oxygen atoms in total. The molecule has 14 heavy (non-hydrogen) atoms. The van der Waals surface area contributed by atoms with E-state index in [1.54, 1.807) is 0 Å². The molecular formula is C11H19BrO2. The van der Waals surface area contributed by atoms with E-state index >= 15 is 0 Å². The Labute approximate surface area is 94.5 Å². The molecule has 0 aromatic heterocycles. The van der Waals surface area contributed by atoms with Crippen LogP contribution < -0.4 is 0 Å². The van der Waals surface area contributed by atoms with Crippen LogP contribution in [-0.2, 0) is 9.53 Å². The Morgan fingerprint density at radius 3 is 2.14 bits per heavy atom. The van der Waals surface area contributed by atoms with Gasteiger partial charge in [0.2, 0.25) is 0 Å². The van der Waals surface area contributed by atoms with Crippen molar-refractivity contribution < 1.29 is 9.53 Å². The quantitative estimate of drug-likeness (QED) is 0.535. The van der Waals surface area contributed by atoms with Crippen molar-refractivity contribution in [3.63, 3.8) is 0 Å². The van der Waals surface area contributed by atoms with Gasteiger partial charge in [-0.25, -0.2) is 0 Å². The number of hydrogen-bond acceptors (Lipinski definition) is 2. The number of carbonyl (C=O) groups excluding carboxylic acids is 1. The van der Waals surface area contributed by atoms with E-state index in [1.165, 1.54) is 6.42 Å². The topological polar surface area (TPSA) is 26.3 Å². The molecule has 0 bridgehead atoms. The fraction of sp³-hybridized carbons (Fsp3) is 0.909. The zero-order valence-electron chi connectivity index (χ0n) is 9.23. The van der Waals surface area contributed by atoms with Crippen LogP contribution in [0.4, 0.5) is 0 Å². The van der Waals surface area contributed by atoms with Gasteiger partial charge in [-0.3, -0.25) is 4.79 Å². The molecule has 0 N–H and O–H groups in total. The summed E-state index contributed by atoms with van der Waals surface area (Å²) in [5, 5.41) is 0. The Hall–Kier alpha value is -0.0500. The number of alkyl halides is 1. The van der Waals surface area contributed by atoms with Gasteiger partial charge in [0, 0.05) is 0 Å². The fourth-order valence-electron chi connectivity index (χ4n) is 1.69. The summed E-state index contributed by atoms with van der Waals surface area (Å²) in [5.41, 5.74) is -0.380. The molecule has 0 aromatic carbocycles. The summed E-state index contributed by atoms with van der Waals surface area (Å²) in [4.78, 5) is 11.9. The molecule has 0 aromatic rings. The summed E-state index contributed by atoms with van der Waals surface area (Å²) >= 11 is 3.54. The maximum Gasteiger partial charge on any atom is 0.323 e. The number of hydrogen-bond donors (Lipinski definition) is 0. The van der Waals surface area contributed by atoms with Crippen LogP contribution in [0.15, 0.2) is 0 Å². The lowest BCUT2D eigenvalue weighted by Gasteiger charge is -2.32. The maximum atomic E-state index is 11.9. The molecule has 82 valence electrons. The number of halogens is 1. The van der Waals surface area contributed by atoms with Crippen molar-refractivity contribution in [3.8, 4) is 0 Å². The lowest BCUT2D eigenvalue weighted by molar-refractivity contribution is -0.158. The molecule has 1 fully saturated rings. The van der Waals surface area contributed by atoms with E-state index in [1.807, 2.05) is 20.8 Å². The summed E-state index contributed by atoms with van der Waals surface area (Å²) in [6, 6.07) is 0. The molecule has 1 rings (SSSR count). The molecule has 0 radical (unpaired) electrons. The van der Waals surface area contributed by atoms with E-state index in [0.717, 1.165) is 25.7 Å². The highest BCUT2D eigenvalue weighted by Gasteiger charge is 2.39. The van der Waals surface area contributed by atoms with E-state index in [0.29, 0.717) is 0 Å². The largest absolute Gasteiger partial charge is 0.459 e. The first-order valence-corrected chi connectivity index (χ1v) is 6.05. The second kappa shape index (κ2) is 4.21. The molecule has 3 heteroatoms. The highest BCUT2D eigenvalue weighted by Crippen LogP contribution is 2.37. The second-order valence-corrected chi connectivity index (χ2v) is 6.55. The van der Waals surface area contributed by atoms with Gasteiger partial charge in [-0.2, -0.15) is 0 Å². The Morgan fingerprint density at radius 1 is 1.21 bits per heavy atom. The smallest absolute Gasteiger partial charge is 0.323 e. The van der Waals surface area contributed by atoms with E-state index in [-0.39, 0.29) is 11.6 Å². The van der Waals surface area contributed by atoms with Crippen LogP contribution in [0.2, 0.25) is 0 Å². The van der Waals surface area contributed by atoms with Crippen LogP contribution in [0.25, 0.3) is 0 Å². The van der Waals surface area contributed by atoms with Gasteiger partial charge >= 0.3 is 5.97 Å². The molecule has 1 saturated carbocycles. The van der Waals surface area contributed by atoms with Crippen molar-refractivity contribution in [2.75, 3.05) is 0 Å². The Kier molecular flexibility index (Phi) is 3.62. The summed E-state index contributed by atoms with van der Waals surface area (Å²) in [6.07, 6.45) is 5.27. The monoisotopic (exact) mass is 262 g/mol. The molecule has 0 heterocycles. The minimum Gasteiger partial charge on any atom is -0.459 e. The van der Waals surface area contributed by atoms with Crippen LogP contribution in [0.5, 0.6) is 0 Å². The zero-order chi connectivity index (χ0) is 10.8. The molecule has 0 atom stereocenters. The summed E-state index contributed by atoms with van der Waals surface area (Å²) in [6.45, 7) is 5.72. The van der Waals surface area contributed by atoms with E-state index < -0.39 is 4.32 Å². The predicted molar refractivity (Wildman–Crippen MR) is 60.6 cm³/mol. The summed E-state index contributed by atoms with van der Waals surface area (Å²) < 4.78 is 4.99. The average molecular weight is 263 g/mol. The minimum atomic E-state index is -0.404. The molecule has 0 aliphatic heterocycles. The van der Waals surface area contributed by atoms with Gasteiger partial charge in [0.15, 0.2) is 0 Å². The van der Waals surface area contributed by atoms with E-state index in [4.69, 9.17) is 4.74 Å². The van der Waals surface area contributed by atoms with Gasteiger partial charge in [-0.1, -0.05) is 35.2 Å². The van der Waals surface area contributed by atoms with Crippen molar-refractivity contribution in [1.29, 1.82) is 0 Å². The molecule has 0 amide bonds. The van der Waals surface area contributed by atoms with Crippen molar-refractivity contribution in [2.24, 2.45) is 0 Å². The van der Waals surface area contributed by atoms with Crippen LogP contribution in [0.3, 0.4) is 0 Å². The second-order valence-electron chi connectivity index (χ2n) is 5.03. The first-order valence-electron chi connectivity index (χ1n) is 5.26. The third-order valence-corrected chi connectivity index (χ3v) is 3.53. The summed E-state index contributed by atoms with van der Waals surface area (Å²) in [7, 11) is 0. The maximum absolute atomic E-state index is 11.9. The highest BCUT2D eigenvalue weighted by atomic mass is 79.9. The molecule has 0 spiro atoms. The standard InChI is InChI=1S/C11H19BrO2/c1-10(2,3)14-9(13)11(12)7-5-4-6-8-11/h4-8H2,1-3H3. The predicted octanol–water partition coefficient (Wildman–Crippen LogP) is 3.43. The Balaban J connectivity index is 2.58. The molecular weight excluding hydrogens is 244 g/mol. The fourth-order valence-corrected chi connectivity index (χ4v) is 2.33. The molecule has 0 saturated heterocycles. The third kappa shape index (κ3) is 3.26. The van der Waals surface area contributed by atoms with E-state index in [9.17, 15) is 4.79 Å². The number of ether oxygens (including phenoxy) is 1. The van der Waals surface area contributed by atoms with Crippen LogP contribution in [0, 0.1) is 0 Å². The van der Waals surface area contributed by atoms with Gasteiger partial charge in [0.25, 0.3) is 0 Å². The van der Waals surface area contributed by atoms with Crippen molar-refractivity contribution in [1.82, 2.24) is 0 Å². The van der Waals surface area contributed by atoms with Gasteiger partial charge in [-0.05, 0) is 33.6 Å². The SMILES string of the molecule is CC(C)(C)OC(=O)C1(Br)CCCCC1. The summed E-state index contributed by atoms with van der Waals surface area (Å²) in [5.74, 6) is -0.0929. The lowest BCUT2D eigenvalue weighted by Crippen LogP contribution is -2.40. The average Bonchev–Trinajstić information content (AvgIpc) is 2.02. The number of esters is 1. The molecule has 1 aliphatic rings. The number of carbonyl (C=O) groups is 1. The lowest BCUT2D eigenvalue weighted by atomic mass is 9.89. The Bertz CT molecular complexity index is 212. The first kappa shape index (κ1) is 12.0. The normalized spacial score (nSPS) is 21.7. The van der Waals surface area contributed by atoms with Gasteiger partial charge in [-0.15, -0.1) is 0 Å². The number of rotatable bonds is 1. The van der Waals surface area contributed by atoms with Crippen molar-refractivity contribution >= 4 is 21.9 Å². The minimum absolute atomic E-state index is 0.0929. The van der Waals surface area contributed by atoms with Gasteiger partial charge in [0.1, 0.15) is 9.93 Å². The van der Waals surface area contributed by atoms with Crippen LogP contribution in [0.1, 0.15) is 52.9 Å². The van der Waals surface area contributed by atoms with Crippen molar-refractivity contribution in [3.05, 3.63) is 0 Å². The highest BCUT2D eigenvalue weighted by molar-refractivity contribution is 9.10. The van der Waals surface area contributed by atoms with Crippen LogP contribution in [-0.4, -0.2) is 15.9 Å². The van der Waals surface area contributed by atoms with Gasteiger partial charge < -0.3 is 4.74 Å². The van der Waals surface area contributed by atoms with Crippen LogP contribution >= 0.6 is 15.9 Å². The Morgan fingerprint density at radius 2 is 1.71 bits per heavy atom. The van der Waals surface area contributed by atoms with Gasteiger partial charge in [0.05, 0.1) is 0 Å². The van der Waals surface area contributed by atoms with Crippen molar-refractivity contribution in [2.45, 2.75) is 62.8 Å². The molecule has 1 aliphatic carbocycles. The zero-order valence-corrected chi connectivity index (χ0v) is 10.8. The third-order valence-electron chi connectivity index (χ3n) is 2.41. The van der Waals surface area contributed by atoms with E-state index in [2.05, 4.69) is 15.9 Å².